The molecule has 0 aliphatic heterocycles. The lowest BCUT2D eigenvalue weighted by molar-refractivity contribution is -0.137. The van der Waals surface area contributed by atoms with Crippen LogP contribution in [0.3, 0.4) is 0 Å². The number of ether oxygens (including phenoxy) is 1. The molecule has 32 heavy (non-hydrogen) atoms. The molecule has 0 fully saturated rings. The number of rotatable bonds is 8. The Labute approximate surface area is 181 Å². The van der Waals surface area contributed by atoms with Crippen LogP contribution >= 0.6 is 0 Å². The van der Waals surface area contributed by atoms with Crippen molar-refractivity contribution in [3.63, 3.8) is 0 Å². The van der Waals surface area contributed by atoms with Gasteiger partial charge in [-0.25, -0.2) is 13.6 Å². The first-order valence-corrected chi connectivity index (χ1v) is 9.42. The Morgan fingerprint density at radius 2 is 1.75 bits per heavy atom. The molecule has 0 aromatic heterocycles. The highest BCUT2D eigenvalue weighted by Gasteiger charge is 2.29. The molecule has 0 heterocycles. The van der Waals surface area contributed by atoms with Crippen molar-refractivity contribution >= 4 is 18.1 Å². The summed E-state index contributed by atoms with van der Waals surface area (Å²) in [7, 11) is 0. The van der Waals surface area contributed by atoms with E-state index < -0.39 is 42.1 Å². The van der Waals surface area contributed by atoms with Crippen molar-refractivity contribution in [2.45, 2.75) is 32.9 Å². The van der Waals surface area contributed by atoms with Gasteiger partial charge in [0.2, 0.25) is 0 Å². The molecular weight excluding hydrogens is 435 g/mol. The van der Waals surface area contributed by atoms with Crippen LogP contribution < -0.4 is 4.74 Å². The van der Waals surface area contributed by atoms with Gasteiger partial charge in [-0.15, -0.1) is 0 Å². The van der Waals surface area contributed by atoms with Gasteiger partial charge in [-0.2, -0.15) is 13.2 Å². The zero-order valence-electron chi connectivity index (χ0n) is 17.2. The highest BCUT2D eigenvalue weighted by Crippen LogP contribution is 2.37. The molecule has 0 atom stereocenters. The third-order valence-electron chi connectivity index (χ3n) is 4.38. The molecule has 4 nitrogen and oxygen atoms in total. The van der Waals surface area contributed by atoms with Gasteiger partial charge >= 0.3 is 12.1 Å². The van der Waals surface area contributed by atoms with E-state index in [0.717, 1.165) is 17.7 Å². The lowest BCUT2D eigenvalue weighted by Crippen LogP contribution is -2.10. The van der Waals surface area contributed by atoms with Crippen LogP contribution in [0.1, 0.15) is 46.5 Å². The van der Waals surface area contributed by atoms with E-state index in [0.29, 0.717) is 5.56 Å². The number of hydrogen-bond donors (Lipinski definition) is 2. The Balaban J connectivity index is 2.53. The maximum absolute atomic E-state index is 12.7. The Morgan fingerprint density at radius 1 is 1.12 bits per heavy atom. The molecule has 0 aliphatic rings. The molecule has 2 aromatic rings. The van der Waals surface area contributed by atoms with Crippen LogP contribution in [0.4, 0.5) is 22.0 Å². The number of phenols is 1. The third kappa shape index (κ3) is 6.57. The van der Waals surface area contributed by atoms with Gasteiger partial charge in [0, 0.05) is 5.56 Å². The van der Waals surface area contributed by atoms with E-state index in [4.69, 9.17) is 4.74 Å². The second-order valence-corrected chi connectivity index (χ2v) is 7.11. The maximum atomic E-state index is 12.7. The molecule has 0 radical (unpaired) electrons. The number of carbonyl (C=O) groups is 1. The second kappa shape index (κ2) is 10.3. The van der Waals surface area contributed by atoms with Gasteiger partial charge in [0.1, 0.15) is 23.7 Å². The predicted octanol–water partition coefficient (Wildman–Crippen LogP) is 6.43. The number of carboxylic acids is 1. The van der Waals surface area contributed by atoms with Crippen LogP contribution in [0.15, 0.2) is 42.0 Å². The number of halogens is 5. The Morgan fingerprint density at radius 3 is 2.25 bits per heavy atom. The predicted molar refractivity (Wildman–Crippen MR) is 110 cm³/mol. The molecule has 0 aliphatic carbocycles. The molecule has 2 N–H and O–H groups in total. The van der Waals surface area contributed by atoms with Crippen molar-refractivity contribution < 1.29 is 41.7 Å². The Hall–Kier alpha value is -3.36. The molecule has 0 spiro atoms. The van der Waals surface area contributed by atoms with Gasteiger partial charge in [-0.05, 0) is 49.6 Å². The fourth-order valence-electron chi connectivity index (χ4n) is 2.82. The van der Waals surface area contributed by atoms with E-state index in [2.05, 4.69) is 0 Å². The van der Waals surface area contributed by atoms with Gasteiger partial charge in [-0.3, -0.25) is 0 Å². The molecule has 2 aromatic carbocycles. The molecule has 0 saturated heterocycles. The number of aromatic carboxylic acids is 1. The number of aromatic hydroxyl groups is 1. The zero-order valence-corrected chi connectivity index (χ0v) is 17.2. The van der Waals surface area contributed by atoms with Crippen LogP contribution in [-0.4, -0.2) is 29.2 Å². The second-order valence-electron chi connectivity index (χ2n) is 7.11. The highest BCUT2D eigenvalue weighted by atomic mass is 19.4. The minimum absolute atomic E-state index is 0.0379. The summed E-state index contributed by atoms with van der Waals surface area (Å²) in [5.74, 6) is -2.21. The topological polar surface area (TPSA) is 66.8 Å². The van der Waals surface area contributed by atoms with Crippen molar-refractivity contribution in [2.75, 3.05) is 6.61 Å². The highest BCUT2D eigenvalue weighted by molar-refractivity contribution is 5.97. The van der Waals surface area contributed by atoms with E-state index >= 15 is 0 Å². The molecule has 172 valence electrons. The van der Waals surface area contributed by atoms with Crippen molar-refractivity contribution in [1.29, 1.82) is 0 Å². The summed E-state index contributed by atoms with van der Waals surface area (Å²) >= 11 is 0. The number of carboxylic acid groups (broad SMARTS) is 1. The van der Waals surface area contributed by atoms with E-state index in [1.165, 1.54) is 30.4 Å². The van der Waals surface area contributed by atoms with Gasteiger partial charge in [-0.1, -0.05) is 35.9 Å². The zero-order chi connectivity index (χ0) is 24.1. The number of hydrogen-bond acceptors (Lipinski definition) is 3. The fraction of sp³-hybridized carbons (Fsp3) is 0.261. The van der Waals surface area contributed by atoms with Crippen LogP contribution in [0.25, 0.3) is 12.2 Å². The average molecular weight is 456 g/mol. The summed E-state index contributed by atoms with van der Waals surface area (Å²) in [4.78, 5) is 11.8. The lowest BCUT2D eigenvalue weighted by Gasteiger charge is -2.16. The van der Waals surface area contributed by atoms with Crippen LogP contribution in [-0.2, 0) is 12.6 Å². The van der Waals surface area contributed by atoms with Crippen LogP contribution in [0, 0.1) is 0 Å². The van der Waals surface area contributed by atoms with Gasteiger partial charge in [0.25, 0.3) is 6.43 Å². The van der Waals surface area contributed by atoms with Crippen LogP contribution in [0.2, 0.25) is 0 Å². The standard InChI is InChI=1S/C23H21F5O4/c1-13(2)3-10-17-18(32-12-19(24)25)11-15(20(21(17)29)22(30)31)7-4-14-5-8-16(9-6-14)23(26,27)28/h3-9,11,19,29H,10,12H2,1-2H3,(H,30,31). The maximum Gasteiger partial charge on any atom is 0.416 e. The smallest absolute Gasteiger partial charge is 0.416 e. The van der Waals surface area contributed by atoms with Gasteiger partial charge in [0.15, 0.2) is 0 Å². The summed E-state index contributed by atoms with van der Waals surface area (Å²) in [6, 6.07) is 5.33. The largest absolute Gasteiger partial charge is 0.507 e. The number of benzene rings is 2. The number of alkyl halides is 5. The minimum atomic E-state index is -4.50. The SMILES string of the molecule is CC(C)=CCc1c(OCC(F)F)cc(C=Cc2ccc(C(F)(F)F)cc2)c(C(=O)O)c1O. The Bertz CT molecular complexity index is 1020. The van der Waals surface area contributed by atoms with E-state index in [9.17, 15) is 37.0 Å². The third-order valence-corrected chi connectivity index (χ3v) is 4.38. The first-order chi connectivity index (χ1) is 14.9. The first-order valence-electron chi connectivity index (χ1n) is 9.42. The number of allylic oxidation sites excluding steroid dienone is 2. The molecule has 2 rings (SSSR count). The summed E-state index contributed by atoms with van der Waals surface area (Å²) < 4.78 is 68.5. The normalized spacial score (nSPS) is 11.8. The molecule has 0 unspecified atom stereocenters. The van der Waals surface area contributed by atoms with Gasteiger partial charge < -0.3 is 14.9 Å². The Kier molecular flexibility index (Phi) is 8.02. The summed E-state index contributed by atoms with van der Waals surface area (Å²) in [5.41, 5.74) is -0.152. The van der Waals surface area contributed by atoms with E-state index in [-0.39, 0.29) is 23.3 Å². The van der Waals surface area contributed by atoms with Crippen molar-refractivity contribution in [3.8, 4) is 11.5 Å². The molecule has 0 amide bonds. The van der Waals surface area contributed by atoms with Crippen LogP contribution in [0.5, 0.6) is 11.5 Å². The average Bonchev–Trinajstić information content (AvgIpc) is 2.68. The summed E-state index contributed by atoms with van der Waals surface area (Å²) in [6.45, 7) is 2.59. The molecular formula is C23H21F5O4. The summed E-state index contributed by atoms with van der Waals surface area (Å²) in [6.07, 6.45) is -2.97. The van der Waals surface area contributed by atoms with Gasteiger partial charge in [0.05, 0.1) is 5.56 Å². The van der Waals surface area contributed by atoms with E-state index in [1.807, 2.05) is 0 Å². The first kappa shape index (κ1) is 24.9. The fourth-order valence-corrected chi connectivity index (χ4v) is 2.82. The lowest BCUT2D eigenvalue weighted by atomic mass is 9.97. The van der Waals surface area contributed by atoms with Crippen molar-refractivity contribution in [2.24, 2.45) is 0 Å². The van der Waals surface area contributed by atoms with Crippen molar-refractivity contribution in [1.82, 2.24) is 0 Å². The molecule has 9 heteroatoms. The quantitative estimate of drug-likeness (QED) is 0.273. The molecule has 0 saturated carbocycles. The molecule has 0 bridgehead atoms. The monoisotopic (exact) mass is 456 g/mol. The van der Waals surface area contributed by atoms with E-state index in [1.54, 1.807) is 19.9 Å². The summed E-state index contributed by atoms with van der Waals surface area (Å²) in [5, 5.41) is 20.2. The minimum Gasteiger partial charge on any atom is -0.507 e. The van der Waals surface area contributed by atoms with Crippen molar-refractivity contribution in [3.05, 3.63) is 69.8 Å².